The van der Waals surface area contributed by atoms with Gasteiger partial charge in [0.05, 0.1) is 5.41 Å². The summed E-state index contributed by atoms with van der Waals surface area (Å²) in [4.78, 5) is 11.7. The van der Waals surface area contributed by atoms with Crippen LogP contribution in [0.3, 0.4) is 0 Å². The first-order valence-corrected chi connectivity index (χ1v) is 7.19. The second-order valence-electron chi connectivity index (χ2n) is 5.70. The Morgan fingerprint density at radius 3 is 2.15 bits per heavy atom. The highest BCUT2D eigenvalue weighted by molar-refractivity contribution is 5.69. The van der Waals surface area contributed by atoms with Crippen molar-refractivity contribution < 1.29 is 4.79 Å². The van der Waals surface area contributed by atoms with E-state index in [0.717, 1.165) is 24.7 Å². The summed E-state index contributed by atoms with van der Waals surface area (Å²) in [6, 6.07) is 16.7. The summed E-state index contributed by atoms with van der Waals surface area (Å²) >= 11 is 0. The Hall–Kier alpha value is -1.89. The van der Waals surface area contributed by atoms with Crippen LogP contribution in [0, 0.1) is 6.92 Å². The van der Waals surface area contributed by atoms with E-state index in [2.05, 4.69) is 50.2 Å². The summed E-state index contributed by atoms with van der Waals surface area (Å²) in [5.74, 6) is 0. The summed E-state index contributed by atoms with van der Waals surface area (Å²) in [6.07, 6.45) is 2.87. The standard InChI is InChI=1S/C19H22O/c1-4-16-9-11-17(12-10-16)13-19(3,14-20)18-8-6-5-7-15(18)2/h5-12,14H,4,13H2,1-3H3. The molecule has 0 aliphatic carbocycles. The number of aryl methyl sites for hydroxylation is 2. The van der Waals surface area contributed by atoms with Gasteiger partial charge in [0.2, 0.25) is 0 Å². The molecule has 0 radical (unpaired) electrons. The van der Waals surface area contributed by atoms with E-state index < -0.39 is 5.41 Å². The highest BCUT2D eigenvalue weighted by Crippen LogP contribution is 2.28. The minimum Gasteiger partial charge on any atom is -0.302 e. The smallest absolute Gasteiger partial charge is 0.130 e. The zero-order chi connectivity index (χ0) is 14.6. The zero-order valence-electron chi connectivity index (χ0n) is 12.5. The molecule has 1 nitrogen and oxygen atoms in total. The molecule has 1 unspecified atom stereocenters. The van der Waals surface area contributed by atoms with Crippen molar-refractivity contribution in [3.63, 3.8) is 0 Å². The number of hydrogen-bond acceptors (Lipinski definition) is 1. The quantitative estimate of drug-likeness (QED) is 0.739. The van der Waals surface area contributed by atoms with Gasteiger partial charge in [-0.25, -0.2) is 0 Å². The number of aldehydes is 1. The van der Waals surface area contributed by atoms with Crippen molar-refractivity contribution in [1.29, 1.82) is 0 Å². The lowest BCUT2D eigenvalue weighted by molar-refractivity contribution is -0.112. The van der Waals surface area contributed by atoms with Gasteiger partial charge in [-0.1, -0.05) is 55.5 Å². The molecule has 0 aliphatic heterocycles. The lowest BCUT2D eigenvalue weighted by Gasteiger charge is -2.25. The molecule has 0 aromatic heterocycles. The summed E-state index contributed by atoms with van der Waals surface area (Å²) in [5.41, 5.74) is 4.37. The molecule has 2 aromatic carbocycles. The molecule has 0 N–H and O–H groups in total. The molecule has 0 spiro atoms. The summed E-state index contributed by atoms with van der Waals surface area (Å²) in [6.45, 7) is 6.24. The predicted octanol–water partition coefficient (Wildman–Crippen LogP) is 4.26. The van der Waals surface area contributed by atoms with Gasteiger partial charge < -0.3 is 4.79 Å². The first kappa shape index (κ1) is 14.5. The molecule has 20 heavy (non-hydrogen) atoms. The van der Waals surface area contributed by atoms with Crippen LogP contribution in [0.2, 0.25) is 0 Å². The Morgan fingerprint density at radius 2 is 1.60 bits per heavy atom. The maximum absolute atomic E-state index is 11.7. The Labute approximate surface area is 121 Å². The third kappa shape index (κ3) is 2.98. The van der Waals surface area contributed by atoms with Crippen molar-refractivity contribution in [3.05, 3.63) is 70.8 Å². The minimum atomic E-state index is -0.459. The lowest BCUT2D eigenvalue weighted by atomic mass is 9.77. The van der Waals surface area contributed by atoms with E-state index >= 15 is 0 Å². The van der Waals surface area contributed by atoms with Crippen molar-refractivity contribution in [2.24, 2.45) is 0 Å². The minimum absolute atomic E-state index is 0.459. The number of benzene rings is 2. The molecular weight excluding hydrogens is 244 g/mol. The summed E-state index contributed by atoms with van der Waals surface area (Å²) in [7, 11) is 0. The molecule has 0 saturated carbocycles. The fraction of sp³-hybridized carbons (Fsp3) is 0.316. The van der Waals surface area contributed by atoms with Crippen molar-refractivity contribution >= 4 is 6.29 Å². The highest BCUT2D eigenvalue weighted by Gasteiger charge is 2.27. The van der Waals surface area contributed by atoms with E-state index in [9.17, 15) is 4.79 Å². The first-order valence-electron chi connectivity index (χ1n) is 7.19. The lowest BCUT2D eigenvalue weighted by Crippen LogP contribution is -2.27. The third-order valence-corrected chi connectivity index (χ3v) is 4.02. The van der Waals surface area contributed by atoms with Gasteiger partial charge in [0.15, 0.2) is 0 Å². The Morgan fingerprint density at radius 1 is 1.00 bits per heavy atom. The maximum atomic E-state index is 11.7. The largest absolute Gasteiger partial charge is 0.302 e. The molecule has 0 saturated heterocycles. The predicted molar refractivity (Wildman–Crippen MR) is 84.1 cm³/mol. The third-order valence-electron chi connectivity index (χ3n) is 4.02. The van der Waals surface area contributed by atoms with E-state index in [1.165, 1.54) is 16.7 Å². The Balaban J connectivity index is 2.31. The zero-order valence-corrected chi connectivity index (χ0v) is 12.5. The van der Waals surface area contributed by atoms with Crippen LogP contribution in [-0.2, 0) is 23.1 Å². The fourth-order valence-electron chi connectivity index (χ4n) is 2.73. The van der Waals surface area contributed by atoms with Crippen LogP contribution in [0.25, 0.3) is 0 Å². The molecule has 2 rings (SSSR count). The van der Waals surface area contributed by atoms with E-state index in [1.807, 2.05) is 19.1 Å². The Kier molecular flexibility index (Phi) is 4.39. The maximum Gasteiger partial charge on any atom is 0.130 e. The molecule has 0 fully saturated rings. The van der Waals surface area contributed by atoms with Crippen LogP contribution in [-0.4, -0.2) is 6.29 Å². The molecule has 0 heterocycles. The van der Waals surface area contributed by atoms with Crippen molar-refractivity contribution in [3.8, 4) is 0 Å². The van der Waals surface area contributed by atoms with E-state index in [1.54, 1.807) is 0 Å². The van der Waals surface area contributed by atoms with Crippen molar-refractivity contribution in [2.75, 3.05) is 0 Å². The summed E-state index contributed by atoms with van der Waals surface area (Å²) in [5, 5.41) is 0. The van der Waals surface area contributed by atoms with E-state index in [-0.39, 0.29) is 0 Å². The van der Waals surface area contributed by atoms with Gasteiger partial charge in [-0.2, -0.15) is 0 Å². The van der Waals surface area contributed by atoms with Gasteiger partial charge >= 0.3 is 0 Å². The van der Waals surface area contributed by atoms with E-state index in [4.69, 9.17) is 0 Å². The number of hydrogen-bond donors (Lipinski definition) is 0. The van der Waals surface area contributed by atoms with Crippen LogP contribution in [0.1, 0.15) is 36.1 Å². The second-order valence-corrected chi connectivity index (χ2v) is 5.70. The van der Waals surface area contributed by atoms with Gasteiger partial charge in [0.1, 0.15) is 6.29 Å². The van der Waals surface area contributed by atoms with Crippen LogP contribution in [0.15, 0.2) is 48.5 Å². The monoisotopic (exact) mass is 266 g/mol. The first-order chi connectivity index (χ1) is 9.59. The Bertz CT molecular complexity index is 583. The topological polar surface area (TPSA) is 17.1 Å². The average molecular weight is 266 g/mol. The molecule has 1 heteroatoms. The van der Waals surface area contributed by atoms with Crippen LogP contribution < -0.4 is 0 Å². The molecule has 1 atom stereocenters. The van der Waals surface area contributed by atoms with Gasteiger partial charge in [0, 0.05) is 0 Å². The molecule has 0 aliphatic rings. The molecule has 104 valence electrons. The normalized spacial score (nSPS) is 13.8. The van der Waals surface area contributed by atoms with Crippen LogP contribution >= 0.6 is 0 Å². The molecule has 0 amide bonds. The SMILES string of the molecule is CCc1ccc(CC(C)(C=O)c2ccccc2C)cc1. The van der Waals surface area contributed by atoms with Gasteiger partial charge in [-0.15, -0.1) is 0 Å². The van der Waals surface area contributed by atoms with Crippen LogP contribution in [0.5, 0.6) is 0 Å². The number of carbonyl (C=O) groups is 1. The van der Waals surface area contributed by atoms with Gasteiger partial charge in [-0.3, -0.25) is 0 Å². The van der Waals surface area contributed by atoms with Gasteiger partial charge in [0.25, 0.3) is 0 Å². The molecule has 2 aromatic rings. The number of rotatable bonds is 5. The summed E-state index contributed by atoms with van der Waals surface area (Å²) < 4.78 is 0. The molecular formula is C19H22O. The number of carbonyl (C=O) groups excluding carboxylic acids is 1. The second kappa shape index (κ2) is 6.04. The van der Waals surface area contributed by atoms with Crippen molar-refractivity contribution in [1.82, 2.24) is 0 Å². The highest BCUT2D eigenvalue weighted by atomic mass is 16.1. The average Bonchev–Trinajstić information content (AvgIpc) is 2.48. The van der Waals surface area contributed by atoms with Crippen molar-refractivity contribution in [2.45, 2.75) is 39.0 Å². The molecule has 0 bridgehead atoms. The van der Waals surface area contributed by atoms with Crippen LogP contribution in [0.4, 0.5) is 0 Å². The van der Waals surface area contributed by atoms with Gasteiger partial charge in [-0.05, 0) is 48.9 Å². The fourth-order valence-corrected chi connectivity index (χ4v) is 2.73. The van der Waals surface area contributed by atoms with E-state index in [0.29, 0.717) is 0 Å².